The Bertz CT molecular complexity index is 577. The molecule has 112 valence electrons. The smallest absolute Gasteiger partial charge is 0.330 e. The molecule has 0 radical (unpaired) electrons. The molecule has 1 aromatic heterocycles. The Hall–Kier alpha value is -2.29. The Morgan fingerprint density at radius 3 is 2.75 bits per heavy atom. The zero-order valence-electron chi connectivity index (χ0n) is 11.4. The van der Waals surface area contributed by atoms with Crippen molar-refractivity contribution in [1.29, 1.82) is 0 Å². The first kappa shape index (κ1) is 15.8. The second kappa shape index (κ2) is 7.34. The van der Waals surface area contributed by atoms with Gasteiger partial charge in [0.1, 0.15) is 18.1 Å². The molecule has 0 aliphatic rings. The number of nitrogens with zero attached hydrogens (tertiary/aromatic N) is 1. The number of ether oxygens (including phenoxy) is 2. The summed E-state index contributed by atoms with van der Waals surface area (Å²) in [5.74, 6) is -0.582. The maximum atomic E-state index is 11.7. The normalized spacial score (nSPS) is 10.3. The summed E-state index contributed by atoms with van der Waals surface area (Å²) in [7, 11) is 1.48. The number of hydrogen-bond acceptors (Lipinski definition) is 7. The highest BCUT2D eigenvalue weighted by Gasteiger charge is 2.13. The van der Waals surface area contributed by atoms with Crippen molar-refractivity contribution < 1.29 is 14.3 Å². The van der Waals surface area contributed by atoms with Crippen LogP contribution in [0.4, 0.5) is 11.5 Å². The van der Waals surface area contributed by atoms with Gasteiger partial charge in [-0.15, -0.1) is 0 Å². The van der Waals surface area contributed by atoms with Gasteiger partial charge in [0.05, 0.1) is 19.8 Å². The minimum atomic E-state index is -0.689. The quantitative estimate of drug-likeness (QED) is 0.533. The van der Waals surface area contributed by atoms with E-state index in [2.05, 4.69) is 10.3 Å². The van der Waals surface area contributed by atoms with Gasteiger partial charge in [0, 0.05) is 7.11 Å². The number of carbonyl (C=O) groups is 1. The Morgan fingerprint density at radius 1 is 1.45 bits per heavy atom. The summed E-state index contributed by atoms with van der Waals surface area (Å²) in [6, 6.07) is 0. The van der Waals surface area contributed by atoms with E-state index in [1.807, 2.05) is 0 Å². The summed E-state index contributed by atoms with van der Waals surface area (Å²) >= 11 is 0. The molecule has 0 unspecified atom stereocenters. The van der Waals surface area contributed by atoms with E-state index in [0.29, 0.717) is 0 Å². The molecule has 0 amide bonds. The monoisotopic (exact) mass is 286 g/mol. The van der Waals surface area contributed by atoms with E-state index in [1.54, 1.807) is 6.92 Å². The third kappa shape index (κ3) is 3.85. The summed E-state index contributed by atoms with van der Waals surface area (Å²) in [6.07, 6.45) is 0. The Morgan fingerprint density at radius 2 is 2.15 bits per heavy atom. The summed E-state index contributed by atoms with van der Waals surface area (Å²) in [5.41, 5.74) is 4.39. The van der Waals surface area contributed by atoms with Crippen LogP contribution in [0.25, 0.3) is 0 Å². The maximum absolute atomic E-state index is 11.7. The molecular formula is C11H18N4O5. The van der Waals surface area contributed by atoms with Crippen LogP contribution in [0.5, 0.6) is 0 Å². The van der Waals surface area contributed by atoms with E-state index in [0.717, 1.165) is 4.57 Å². The highest BCUT2D eigenvalue weighted by molar-refractivity contribution is 5.76. The van der Waals surface area contributed by atoms with Gasteiger partial charge < -0.3 is 20.5 Å². The topological polar surface area (TPSA) is 128 Å². The third-order valence-corrected chi connectivity index (χ3v) is 2.47. The standard InChI is InChI=1S/C11H18N4O5/c1-3-20-7(16)6-13-8-9(12)15(4-5-19-2)11(18)14-10(8)17/h13H,3-6,12H2,1-2H3,(H,14,17,18). The number of carbonyl (C=O) groups excluding carboxylic acids is 1. The lowest BCUT2D eigenvalue weighted by Gasteiger charge is -2.13. The lowest BCUT2D eigenvalue weighted by atomic mass is 10.4. The Labute approximate surface area is 114 Å². The van der Waals surface area contributed by atoms with E-state index in [9.17, 15) is 14.4 Å². The SMILES string of the molecule is CCOC(=O)CNc1c(N)n(CCOC)c(=O)[nH]c1=O. The van der Waals surface area contributed by atoms with E-state index in [-0.39, 0.29) is 37.8 Å². The minimum absolute atomic E-state index is 0.0474. The van der Waals surface area contributed by atoms with Crippen molar-refractivity contribution in [3.63, 3.8) is 0 Å². The number of aromatic nitrogens is 2. The predicted molar refractivity (Wildman–Crippen MR) is 72.7 cm³/mol. The molecule has 4 N–H and O–H groups in total. The molecule has 0 atom stereocenters. The van der Waals surface area contributed by atoms with Crippen LogP contribution in [0.2, 0.25) is 0 Å². The van der Waals surface area contributed by atoms with Gasteiger partial charge in [0.15, 0.2) is 0 Å². The third-order valence-electron chi connectivity index (χ3n) is 2.47. The van der Waals surface area contributed by atoms with Crippen LogP contribution in [-0.4, -0.2) is 42.4 Å². The average molecular weight is 286 g/mol. The van der Waals surface area contributed by atoms with E-state index < -0.39 is 17.2 Å². The van der Waals surface area contributed by atoms with Crippen LogP contribution in [0.1, 0.15) is 6.92 Å². The van der Waals surface area contributed by atoms with Crippen molar-refractivity contribution in [2.24, 2.45) is 0 Å². The number of H-pyrrole nitrogens is 1. The molecule has 1 rings (SSSR count). The second-order valence-corrected chi connectivity index (χ2v) is 3.82. The first-order valence-corrected chi connectivity index (χ1v) is 6.02. The highest BCUT2D eigenvalue weighted by Crippen LogP contribution is 2.09. The molecule has 9 heteroatoms. The van der Waals surface area contributed by atoms with Crippen molar-refractivity contribution in [2.75, 3.05) is 37.9 Å². The number of methoxy groups -OCH3 is 1. The molecule has 0 spiro atoms. The first-order valence-electron chi connectivity index (χ1n) is 6.02. The van der Waals surface area contributed by atoms with Gasteiger partial charge in [-0.2, -0.15) is 0 Å². The zero-order valence-corrected chi connectivity index (χ0v) is 11.4. The number of aromatic amines is 1. The molecule has 0 fully saturated rings. The Kier molecular flexibility index (Phi) is 5.78. The Balaban J connectivity index is 2.98. The van der Waals surface area contributed by atoms with Gasteiger partial charge in [-0.05, 0) is 6.92 Å². The number of nitrogens with two attached hydrogens (primary N) is 1. The minimum Gasteiger partial charge on any atom is -0.465 e. The van der Waals surface area contributed by atoms with Crippen LogP contribution < -0.4 is 22.3 Å². The number of nitrogen functional groups attached to an aromatic ring is 1. The molecule has 0 saturated heterocycles. The highest BCUT2D eigenvalue weighted by atomic mass is 16.5. The van der Waals surface area contributed by atoms with Crippen molar-refractivity contribution >= 4 is 17.5 Å². The number of anilines is 2. The molecule has 20 heavy (non-hydrogen) atoms. The van der Waals surface area contributed by atoms with Gasteiger partial charge in [0.25, 0.3) is 5.56 Å². The molecular weight excluding hydrogens is 268 g/mol. The average Bonchev–Trinajstić information content (AvgIpc) is 2.38. The van der Waals surface area contributed by atoms with Gasteiger partial charge in [-0.25, -0.2) is 4.79 Å². The van der Waals surface area contributed by atoms with Gasteiger partial charge >= 0.3 is 11.7 Å². The second-order valence-electron chi connectivity index (χ2n) is 3.82. The molecule has 9 nitrogen and oxygen atoms in total. The molecule has 1 heterocycles. The van der Waals surface area contributed by atoms with Gasteiger partial charge in [-0.3, -0.25) is 19.1 Å². The molecule has 0 aliphatic heterocycles. The number of esters is 1. The van der Waals surface area contributed by atoms with E-state index in [1.165, 1.54) is 7.11 Å². The van der Waals surface area contributed by atoms with Crippen LogP contribution in [0, 0.1) is 0 Å². The fraction of sp³-hybridized carbons (Fsp3) is 0.545. The van der Waals surface area contributed by atoms with Crippen molar-refractivity contribution in [1.82, 2.24) is 9.55 Å². The van der Waals surface area contributed by atoms with E-state index in [4.69, 9.17) is 15.2 Å². The molecule has 1 aromatic rings. The summed E-state index contributed by atoms with van der Waals surface area (Å²) < 4.78 is 10.7. The largest absolute Gasteiger partial charge is 0.465 e. The number of rotatable bonds is 7. The first-order chi connectivity index (χ1) is 9.51. The molecule has 0 bridgehead atoms. The summed E-state index contributed by atoms with van der Waals surface area (Å²) in [6.45, 7) is 2.13. The summed E-state index contributed by atoms with van der Waals surface area (Å²) in [5, 5.41) is 2.57. The van der Waals surface area contributed by atoms with Crippen molar-refractivity contribution in [3.8, 4) is 0 Å². The lowest BCUT2D eigenvalue weighted by molar-refractivity contribution is -0.140. The molecule has 0 saturated carbocycles. The number of nitrogens with one attached hydrogen (secondary N) is 2. The summed E-state index contributed by atoms with van der Waals surface area (Å²) in [4.78, 5) is 36.6. The number of hydrogen-bond donors (Lipinski definition) is 3. The van der Waals surface area contributed by atoms with E-state index >= 15 is 0 Å². The maximum Gasteiger partial charge on any atom is 0.330 e. The zero-order chi connectivity index (χ0) is 15.1. The van der Waals surface area contributed by atoms with Crippen molar-refractivity contribution in [2.45, 2.75) is 13.5 Å². The molecule has 0 aromatic carbocycles. The van der Waals surface area contributed by atoms with Gasteiger partial charge in [0.2, 0.25) is 0 Å². The van der Waals surface area contributed by atoms with Gasteiger partial charge in [-0.1, -0.05) is 0 Å². The fourth-order valence-corrected chi connectivity index (χ4v) is 1.54. The van der Waals surface area contributed by atoms with Crippen LogP contribution in [0.15, 0.2) is 9.59 Å². The lowest BCUT2D eigenvalue weighted by Crippen LogP contribution is -2.35. The van der Waals surface area contributed by atoms with Crippen LogP contribution in [0.3, 0.4) is 0 Å². The fourth-order valence-electron chi connectivity index (χ4n) is 1.54. The predicted octanol–water partition coefficient (Wildman–Crippen LogP) is -1.26. The van der Waals surface area contributed by atoms with Crippen LogP contribution in [-0.2, 0) is 20.8 Å². The van der Waals surface area contributed by atoms with Crippen molar-refractivity contribution in [3.05, 3.63) is 20.8 Å². The molecule has 0 aliphatic carbocycles. The van der Waals surface area contributed by atoms with Crippen LogP contribution >= 0.6 is 0 Å².